The Labute approximate surface area is 109 Å². The van der Waals surface area contributed by atoms with Crippen molar-refractivity contribution >= 4 is 11.4 Å². The number of nitriles is 1. The molecule has 1 rings (SSSR count). The number of nitrogens with zero attached hydrogens (tertiary/aromatic N) is 2. The average molecular weight is 246 g/mol. The van der Waals surface area contributed by atoms with E-state index in [1.807, 2.05) is 26.2 Å². The van der Waals surface area contributed by atoms with Crippen LogP contribution in [0.2, 0.25) is 0 Å². The highest BCUT2D eigenvalue weighted by Crippen LogP contribution is 2.20. The molecule has 1 aromatic rings. The van der Waals surface area contributed by atoms with Gasteiger partial charge in [-0.1, -0.05) is 13.8 Å². The average Bonchev–Trinajstić information content (AvgIpc) is 2.29. The molecule has 1 unspecified atom stereocenters. The second-order valence-corrected chi connectivity index (χ2v) is 5.17. The standard InChI is InChI=1S/C14H22N4/c1-10(2)14(9-18(3)4)17-13-6-5-12(16)7-11(13)8-15/h5-7,10,14,17H,9,16H2,1-4H3. The van der Waals surface area contributed by atoms with Crippen molar-refractivity contribution in [1.29, 1.82) is 5.26 Å². The van der Waals surface area contributed by atoms with Gasteiger partial charge in [0, 0.05) is 18.3 Å². The van der Waals surface area contributed by atoms with Crippen LogP contribution in [0.15, 0.2) is 18.2 Å². The van der Waals surface area contributed by atoms with Gasteiger partial charge in [0.1, 0.15) is 6.07 Å². The molecule has 0 bridgehead atoms. The molecule has 0 saturated heterocycles. The molecule has 98 valence electrons. The molecule has 0 amide bonds. The maximum Gasteiger partial charge on any atom is 0.101 e. The monoisotopic (exact) mass is 246 g/mol. The van der Waals surface area contributed by atoms with Gasteiger partial charge in [-0.3, -0.25) is 0 Å². The van der Waals surface area contributed by atoms with E-state index < -0.39 is 0 Å². The van der Waals surface area contributed by atoms with E-state index >= 15 is 0 Å². The zero-order valence-electron chi connectivity index (χ0n) is 11.6. The first-order chi connectivity index (χ1) is 8.43. The predicted molar refractivity (Wildman–Crippen MR) is 76.4 cm³/mol. The summed E-state index contributed by atoms with van der Waals surface area (Å²) in [6, 6.07) is 7.87. The highest BCUT2D eigenvalue weighted by Gasteiger charge is 2.15. The number of hydrogen-bond acceptors (Lipinski definition) is 4. The van der Waals surface area contributed by atoms with Gasteiger partial charge in [-0.15, -0.1) is 0 Å². The van der Waals surface area contributed by atoms with Crippen LogP contribution in [-0.4, -0.2) is 31.6 Å². The Balaban J connectivity index is 2.90. The van der Waals surface area contributed by atoms with Crippen LogP contribution in [0.4, 0.5) is 11.4 Å². The van der Waals surface area contributed by atoms with E-state index in [2.05, 4.69) is 30.1 Å². The lowest BCUT2D eigenvalue weighted by atomic mass is 10.0. The Hall–Kier alpha value is -1.73. The molecular weight excluding hydrogens is 224 g/mol. The molecule has 0 heterocycles. The van der Waals surface area contributed by atoms with Crippen molar-refractivity contribution in [2.45, 2.75) is 19.9 Å². The first-order valence-corrected chi connectivity index (χ1v) is 6.15. The third-order valence-electron chi connectivity index (χ3n) is 2.87. The molecule has 0 aromatic heterocycles. The molecule has 4 heteroatoms. The molecule has 3 N–H and O–H groups in total. The summed E-state index contributed by atoms with van der Waals surface area (Å²) in [6.45, 7) is 5.27. The van der Waals surface area contributed by atoms with Gasteiger partial charge in [0.05, 0.1) is 11.3 Å². The number of anilines is 2. The molecule has 1 atom stereocenters. The minimum atomic E-state index is 0.302. The lowest BCUT2D eigenvalue weighted by molar-refractivity contribution is 0.344. The van der Waals surface area contributed by atoms with Crippen molar-refractivity contribution in [3.05, 3.63) is 23.8 Å². The molecule has 0 aliphatic rings. The lowest BCUT2D eigenvalue weighted by Crippen LogP contribution is -2.36. The van der Waals surface area contributed by atoms with E-state index in [1.54, 1.807) is 6.07 Å². The van der Waals surface area contributed by atoms with Crippen LogP contribution < -0.4 is 11.1 Å². The normalized spacial score (nSPS) is 12.5. The van der Waals surface area contributed by atoms with Crippen molar-refractivity contribution in [2.24, 2.45) is 5.92 Å². The number of nitrogens with one attached hydrogen (secondary N) is 1. The summed E-state index contributed by atoms with van der Waals surface area (Å²) < 4.78 is 0. The second-order valence-electron chi connectivity index (χ2n) is 5.17. The van der Waals surface area contributed by atoms with Crippen molar-refractivity contribution in [2.75, 3.05) is 31.7 Å². The fourth-order valence-corrected chi connectivity index (χ4v) is 1.80. The van der Waals surface area contributed by atoms with Crippen molar-refractivity contribution < 1.29 is 0 Å². The zero-order chi connectivity index (χ0) is 13.7. The van der Waals surface area contributed by atoms with Gasteiger partial charge in [-0.05, 0) is 38.2 Å². The van der Waals surface area contributed by atoms with Crippen molar-refractivity contribution in [3.8, 4) is 6.07 Å². The van der Waals surface area contributed by atoms with Crippen molar-refractivity contribution in [1.82, 2.24) is 4.90 Å². The number of rotatable bonds is 5. The lowest BCUT2D eigenvalue weighted by Gasteiger charge is -2.27. The molecular formula is C14H22N4. The number of benzene rings is 1. The molecule has 0 aliphatic carbocycles. The molecule has 1 aromatic carbocycles. The highest BCUT2D eigenvalue weighted by atomic mass is 15.1. The summed E-state index contributed by atoms with van der Waals surface area (Å²) >= 11 is 0. The summed E-state index contributed by atoms with van der Waals surface area (Å²) in [4.78, 5) is 2.14. The minimum Gasteiger partial charge on any atom is -0.399 e. The van der Waals surface area contributed by atoms with Crippen LogP contribution in [0.25, 0.3) is 0 Å². The van der Waals surface area contributed by atoms with Gasteiger partial charge in [0.25, 0.3) is 0 Å². The Kier molecular flexibility index (Phi) is 4.99. The molecule has 0 aliphatic heterocycles. The van der Waals surface area contributed by atoms with E-state index in [1.165, 1.54) is 0 Å². The predicted octanol–water partition coefficient (Wildman–Crippen LogP) is 2.14. The van der Waals surface area contributed by atoms with Gasteiger partial charge in [0.2, 0.25) is 0 Å². The molecule has 4 nitrogen and oxygen atoms in total. The van der Waals surface area contributed by atoms with Crippen LogP contribution >= 0.6 is 0 Å². The second kappa shape index (κ2) is 6.27. The number of nitrogens with two attached hydrogens (primary N) is 1. The quantitative estimate of drug-likeness (QED) is 0.781. The van der Waals surface area contributed by atoms with E-state index in [9.17, 15) is 0 Å². The Morgan fingerprint density at radius 1 is 1.39 bits per heavy atom. The van der Waals surface area contributed by atoms with Gasteiger partial charge < -0.3 is 16.0 Å². The fraction of sp³-hybridized carbons (Fsp3) is 0.500. The van der Waals surface area contributed by atoms with Gasteiger partial charge in [-0.2, -0.15) is 5.26 Å². The van der Waals surface area contributed by atoms with Crippen LogP contribution in [0.5, 0.6) is 0 Å². The summed E-state index contributed by atoms with van der Waals surface area (Å²) in [5, 5.41) is 12.6. The van der Waals surface area contributed by atoms with Crippen LogP contribution in [0.3, 0.4) is 0 Å². The van der Waals surface area contributed by atoms with Gasteiger partial charge in [-0.25, -0.2) is 0 Å². The van der Waals surface area contributed by atoms with Crippen LogP contribution in [-0.2, 0) is 0 Å². The topological polar surface area (TPSA) is 65.1 Å². The molecule has 18 heavy (non-hydrogen) atoms. The number of hydrogen-bond donors (Lipinski definition) is 2. The van der Waals surface area contributed by atoms with E-state index in [0.29, 0.717) is 23.2 Å². The highest BCUT2D eigenvalue weighted by molar-refractivity contribution is 5.63. The third kappa shape index (κ3) is 3.94. The molecule has 0 spiro atoms. The summed E-state index contributed by atoms with van der Waals surface area (Å²) in [6.07, 6.45) is 0. The summed E-state index contributed by atoms with van der Waals surface area (Å²) in [5.74, 6) is 0.483. The maximum absolute atomic E-state index is 9.12. The molecule has 0 radical (unpaired) electrons. The summed E-state index contributed by atoms with van der Waals surface area (Å²) in [5.41, 5.74) is 7.75. The maximum atomic E-state index is 9.12. The van der Waals surface area contributed by atoms with E-state index in [0.717, 1.165) is 12.2 Å². The Bertz CT molecular complexity index is 432. The van der Waals surface area contributed by atoms with Gasteiger partial charge >= 0.3 is 0 Å². The Morgan fingerprint density at radius 2 is 2.06 bits per heavy atom. The number of nitrogen functional groups attached to an aromatic ring is 1. The molecule has 0 fully saturated rings. The van der Waals surface area contributed by atoms with Crippen LogP contribution in [0.1, 0.15) is 19.4 Å². The third-order valence-corrected chi connectivity index (χ3v) is 2.87. The smallest absolute Gasteiger partial charge is 0.101 e. The first kappa shape index (κ1) is 14.3. The van der Waals surface area contributed by atoms with Crippen LogP contribution in [0, 0.1) is 17.2 Å². The largest absolute Gasteiger partial charge is 0.399 e. The fourth-order valence-electron chi connectivity index (χ4n) is 1.80. The molecule has 0 saturated carbocycles. The Morgan fingerprint density at radius 3 is 2.56 bits per heavy atom. The minimum absolute atomic E-state index is 0.302. The van der Waals surface area contributed by atoms with Gasteiger partial charge in [0.15, 0.2) is 0 Å². The SMILES string of the molecule is CC(C)C(CN(C)C)Nc1ccc(N)cc1C#N. The van der Waals surface area contributed by atoms with E-state index in [-0.39, 0.29) is 0 Å². The first-order valence-electron chi connectivity index (χ1n) is 6.15. The zero-order valence-corrected chi connectivity index (χ0v) is 11.6. The van der Waals surface area contributed by atoms with E-state index in [4.69, 9.17) is 11.0 Å². The summed E-state index contributed by atoms with van der Waals surface area (Å²) in [7, 11) is 4.09. The van der Waals surface area contributed by atoms with Crippen molar-refractivity contribution in [3.63, 3.8) is 0 Å². The number of likely N-dealkylation sites (N-methyl/N-ethyl adjacent to an activating group) is 1.